The van der Waals surface area contributed by atoms with Crippen molar-refractivity contribution in [1.29, 1.82) is 0 Å². The molecule has 2 aromatic carbocycles. The van der Waals surface area contributed by atoms with Crippen LogP contribution in [0.2, 0.25) is 0 Å². The van der Waals surface area contributed by atoms with Gasteiger partial charge in [-0.15, -0.1) is 0 Å². The fourth-order valence-corrected chi connectivity index (χ4v) is 1.90. The molecular weight excluding hydrogens is 273 g/mol. The van der Waals surface area contributed by atoms with Crippen LogP contribution in [-0.2, 0) is 11.2 Å². The average Bonchev–Trinajstić information content (AvgIpc) is 2.43. The van der Waals surface area contributed by atoms with Crippen LogP contribution in [0, 0.1) is 12.7 Å². The Labute approximate surface area is 121 Å². The van der Waals surface area contributed by atoms with Crippen LogP contribution in [0.3, 0.4) is 0 Å². The number of nitrogens with one attached hydrogen (secondary N) is 1. The topological polar surface area (TPSA) is 66.4 Å². The summed E-state index contributed by atoms with van der Waals surface area (Å²) in [7, 11) is 0. The second kappa shape index (κ2) is 6.17. The number of carbonyl (C=O) groups excluding carboxylic acids is 1. The van der Waals surface area contributed by atoms with Crippen LogP contribution in [0.4, 0.5) is 10.1 Å². The number of anilines is 1. The van der Waals surface area contributed by atoms with Crippen molar-refractivity contribution in [3.05, 3.63) is 65.0 Å². The molecule has 2 N–H and O–H groups in total. The maximum absolute atomic E-state index is 13.5. The molecule has 0 unspecified atom stereocenters. The lowest BCUT2D eigenvalue weighted by atomic mass is 10.1. The van der Waals surface area contributed by atoms with Crippen LogP contribution in [0.15, 0.2) is 42.5 Å². The average molecular weight is 287 g/mol. The molecule has 0 heterocycles. The highest BCUT2D eigenvalue weighted by Gasteiger charge is 2.11. The molecule has 108 valence electrons. The summed E-state index contributed by atoms with van der Waals surface area (Å²) in [5.41, 5.74) is 1.53. The number of aromatic carboxylic acids is 1. The van der Waals surface area contributed by atoms with E-state index in [0.29, 0.717) is 11.3 Å². The number of rotatable bonds is 4. The normalized spacial score (nSPS) is 10.2. The molecule has 5 heteroatoms. The van der Waals surface area contributed by atoms with E-state index in [2.05, 4.69) is 5.32 Å². The van der Waals surface area contributed by atoms with E-state index in [1.807, 2.05) is 0 Å². The number of halogens is 1. The van der Waals surface area contributed by atoms with Crippen molar-refractivity contribution in [2.24, 2.45) is 0 Å². The first kappa shape index (κ1) is 14.7. The Hall–Kier alpha value is -2.69. The number of hydrogen-bond donors (Lipinski definition) is 2. The van der Waals surface area contributed by atoms with Gasteiger partial charge >= 0.3 is 5.97 Å². The molecule has 21 heavy (non-hydrogen) atoms. The first-order valence-corrected chi connectivity index (χ1v) is 6.34. The third-order valence-electron chi connectivity index (χ3n) is 3.07. The first-order valence-electron chi connectivity index (χ1n) is 6.34. The van der Waals surface area contributed by atoms with Crippen molar-refractivity contribution in [2.75, 3.05) is 5.32 Å². The summed E-state index contributed by atoms with van der Waals surface area (Å²) in [6.07, 6.45) is -0.108. The van der Waals surface area contributed by atoms with Gasteiger partial charge in [0.1, 0.15) is 5.82 Å². The third kappa shape index (κ3) is 3.66. The number of benzene rings is 2. The molecule has 0 fully saturated rings. The molecule has 0 saturated heterocycles. The molecule has 4 nitrogen and oxygen atoms in total. The Bertz CT molecular complexity index is 698. The molecule has 0 spiro atoms. The molecule has 0 aromatic heterocycles. The zero-order valence-corrected chi connectivity index (χ0v) is 11.4. The molecule has 0 saturated carbocycles. The number of carbonyl (C=O) groups is 2. The maximum atomic E-state index is 13.5. The highest BCUT2D eigenvalue weighted by molar-refractivity contribution is 5.95. The standard InChI is InChI=1S/C16H14FNO3/c1-10-6-7-12(16(20)21)8-14(10)18-15(19)9-11-4-2-3-5-13(11)17/h2-8H,9H2,1H3,(H,18,19)(H,20,21). The van der Waals surface area contributed by atoms with Gasteiger partial charge in [-0.1, -0.05) is 24.3 Å². The largest absolute Gasteiger partial charge is 0.478 e. The van der Waals surface area contributed by atoms with Crippen LogP contribution in [0.1, 0.15) is 21.5 Å². The molecule has 0 aliphatic rings. The van der Waals surface area contributed by atoms with Gasteiger partial charge in [0.05, 0.1) is 12.0 Å². The van der Waals surface area contributed by atoms with E-state index in [1.165, 1.54) is 24.3 Å². The maximum Gasteiger partial charge on any atom is 0.335 e. The van der Waals surface area contributed by atoms with E-state index in [-0.39, 0.29) is 12.0 Å². The van der Waals surface area contributed by atoms with Crippen molar-refractivity contribution in [3.63, 3.8) is 0 Å². The van der Waals surface area contributed by atoms with Gasteiger partial charge in [-0.05, 0) is 36.2 Å². The quantitative estimate of drug-likeness (QED) is 0.908. The minimum absolute atomic E-state index is 0.0850. The zero-order valence-electron chi connectivity index (χ0n) is 11.4. The Kier molecular flexibility index (Phi) is 4.33. The highest BCUT2D eigenvalue weighted by atomic mass is 19.1. The molecule has 0 radical (unpaired) electrons. The second-order valence-corrected chi connectivity index (χ2v) is 4.65. The fourth-order valence-electron chi connectivity index (χ4n) is 1.90. The number of aryl methyl sites for hydroxylation is 1. The lowest BCUT2D eigenvalue weighted by molar-refractivity contribution is -0.115. The summed E-state index contributed by atoms with van der Waals surface area (Å²) in [4.78, 5) is 22.9. The molecule has 0 aliphatic carbocycles. The van der Waals surface area contributed by atoms with Crippen molar-refractivity contribution in [1.82, 2.24) is 0 Å². The van der Waals surface area contributed by atoms with E-state index in [1.54, 1.807) is 25.1 Å². The summed E-state index contributed by atoms with van der Waals surface area (Å²) in [6, 6.07) is 10.5. The Balaban J connectivity index is 2.15. The van der Waals surface area contributed by atoms with Gasteiger partial charge in [-0.3, -0.25) is 4.79 Å². The molecule has 0 bridgehead atoms. The Morgan fingerprint density at radius 3 is 2.57 bits per heavy atom. The van der Waals surface area contributed by atoms with Gasteiger partial charge in [0.15, 0.2) is 0 Å². The summed E-state index contributed by atoms with van der Waals surface area (Å²) in [5, 5.41) is 11.6. The predicted octanol–water partition coefficient (Wildman–Crippen LogP) is 3.01. The number of carboxylic acid groups (broad SMARTS) is 1. The highest BCUT2D eigenvalue weighted by Crippen LogP contribution is 2.18. The number of carboxylic acids is 1. The molecule has 0 atom stereocenters. The van der Waals surface area contributed by atoms with Crippen LogP contribution >= 0.6 is 0 Å². The van der Waals surface area contributed by atoms with Crippen LogP contribution < -0.4 is 5.32 Å². The molecule has 1 amide bonds. The molecular formula is C16H14FNO3. The van der Waals surface area contributed by atoms with E-state index >= 15 is 0 Å². The minimum Gasteiger partial charge on any atom is -0.478 e. The lowest BCUT2D eigenvalue weighted by Gasteiger charge is -2.09. The summed E-state index contributed by atoms with van der Waals surface area (Å²) >= 11 is 0. The van der Waals surface area contributed by atoms with Crippen LogP contribution in [0.25, 0.3) is 0 Å². The zero-order chi connectivity index (χ0) is 15.4. The van der Waals surface area contributed by atoms with Crippen molar-refractivity contribution in [3.8, 4) is 0 Å². The van der Waals surface area contributed by atoms with Gasteiger partial charge in [-0.25, -0.2) is 9.18 Å². The SMILES string of the molecule is Cc1ccc(C(=O)O)cc1NC(=O)Cc1ccccc1F. The Morgan fingerprint density at radius 1 is 1.19 bits per heavy atom. The summed E-state index contributed by atoms with van der Waals surface area (Å²) < 4.78 is 13.5. The second-order valence-electron chi connectivity index (χ2n) is 4.65. The van der Waals surface area contributed by atoms with E-state index in [4.69, 9.17) is 5.11 Å². The molecule has 2 rings (SSSR count). The molecule has 0 aliphatic heterocycles. The van der Waals surface area contributed by atoms with Gasteiger partial charge in [-0.2, -0.15) is 0 Å². The van der Waals surface area contributed by atoms with Gasteiger partial charge in [0.2, 0.25) is 5.91 Å². The van der Waals surface area contributed by atoms with Crippen molar-refractivity contribution >= 4 is 17.6 Å². The fraction of sp³-hybridized carbons (Fsp3) is 0.125. The first-order chi connectivity index (χ1) is 9.97. The monoisotopic (exact) mass is 287 g/mol. The summed E-state index contributed by atoms with van der Waals surface area (Å²) in [6.45, 7) is 1.75. The van der Waals surface area contributed by atoms with E-state index in [0.717, 1.165) is 5.56 Å². The van der Waals surface area contributed by atoms with Gasteiger partial charge < -0.3 is 10.4 Å². The van der Waals surface area contributed by atoms with Gasteiger partial charge in [0, 0.05) is 5.69 Å². The number of amides is 1. The lowest BCUT2D eigenvalue weighted by Crippen LogP contribution is -2.16. The van der Waals surface area contributed by atoms with Gasteiger partial charge in [0.25, 0.3) is 0 Å². The van der Waals surface area contributed by atoms with Crippen molar-refractivity contribution in [2.45, 2.75) is 13.3 Å². The summed E-state index contributed by atoms with van der Waals surface area (Å²) in [5.74, 6) is -1.91. The minimum atomic E-state index is -1.07. The number of hydrogen-bond acceptors (Lipinski definition) is 2. The van der Waals surface area contributed by atoms with E-state index < -0.39 is 17.7 Å². The predicted molar refractivity (Wildman–Crippen MR) is 76.9 cm³/mol. The smallest absolute Gasteiger partial charge is 0.335 e. The van der Waals surface area contributed by atoms with Crippen LogP contribution in [-0.4, -0.2) is 17.0 Å². The van der Waals surface area contributed by atoms with Crippen LogP contribution in [0.5, 0.6) is 0 Å². The molecule has 2 aromatic rings. The van der Waals surface area contributed by atoms with Crippen molar-refractivity contribution < 1.29 is 19.1 Å². The van der Waals surface area contributed by atoms with E-state index in [9.17, 15) is 14.0 Å². The third-order valence-corrected chi connectivity index (χ3v) is 3.07. The Morgan fingerprint density at radius 2 is 1.90 bits per heavy atom.